The maximum atomic E-state index is 12.1. The van der Waals surface area contributed by atoms with Crippen molar-refractivity contribution in [3.63, 3.8) is 0 Å². The summed E-state index contributed by atoms with van der Waals surface area (Å²) in [4.78, 5) is 19.6. The van der Waals surface area contributed by atoms with Gasteiger partial charge in [0.1, 0.15) is 5.82 Å². The van der Waals surface area contributed by atoms with Crippen LogP contribution in [0.25, 0.3) is 10.9 Å². The lowest BCUT2D eigenvalue weighted by Gasteiger charge is -2.20. The van der Waals surface area contributed by atoms with Gasteiger partial charge in [0.15, 0.2) is 0 Å². The van der Waals surface area contributed by atoms with Crippen LogP contribution in [0.3, 0.4) is 0 Å². The molecular formula is C12H11BrN2OS2. The van der Waals surface area contributed by atoms with E-state index in [2.05, 4.69) is 25.9 Å². The predicted octanol–water partition coefficient (Wildman–Crippen LogP) is 3.21. The quantitative estimate of drug-likeness (QED) is 0.864. The molecule has 1 atom stereocenters. The molecule has 3 rings (SSSR count). The molecular weight excluding hydrogens is 332 g/mol. The number of thioether (sulfide) groups is 2. The molecule has 94 valence electrons. The first-order valence-corrected chi connectivity index (χ1v) is 8.62. The highest BCUT2D eigenvalue weighted by Crippen LogP contribution is 2.34. The van der Waals surface area contributed by atoms with E-state index in [9.17, 15) is 4.79 Å². The number of aromatic amines is 1. The highest BCUT2D eigenvalue weighted by molar-refractivity contribution is 9.10. The van der Waals surface area contributed by atoms with E-state index in [1.54, 1.807) is 0 Å². The van der Waals surface area contributed by atoms with Crippen LogP contribution < -0.4 is 5.56 Å². The second kappa shape index (κ2) is 5.27. The molecule has 1 aliphatic rings. The summed E-state index contributed by atoms with van der Waals surface area (Å²) in [5, 5.41) is 0.950. The topological polar surface area (TPSA) is 45.8 Å². The van der Waals surface area contributed by atoms with Gasteiger partial charge in [-0.05, 0) is 18.2 Å². The first-order valence-electron chi connectivity index (χ1n) is 5.63. The molecule has 1 aromatic carbocycles. The van der Waals surface area contributed by atoms with Crippen molar-refractivity contribution in [2.24, 2.45) is 0 Å². The largest absolute Gasteiger partial charge is 0.309 e. The van der Waals surface area contributed by atoms with Crippen LogP contribution in [0.15, 0.2) is 27.5 Å². The van der Waals surface area contributed by atoms with E-state index < -0.39 is 0 Å². The number of H-pyrrole nitrogens is 1. The van der Waals surface area contributed by atoms with Crippen molar-refractivity contribution in [3.05, 3.63) is 38.9 Å². The lowest BCUT2D eigenvalue weighted by atomic mass is 10.2. The summed E-state index contributed by atoms with van der Waals surface area (Å²) in [5.41, 5.74) is 0.723. The first kappa shape index (κ1) is 12.6. The summed E-state index contributed by atoms with van der Waals surface area (Å²) in [6, 6.07) is 5.62. The third kappa shape index (κ3) is 2.46. The second-order valence-corrected chi connectivity index (χ2v) is 7.42. The molecule has 1 aliphatic heterocycles. The van der Waals surface area contributed by atoms with Gasteiger partial charge < -0.3 is 4.98 Å². The van der Waals surface area contributed by atoms with Gasteiger partial charge in [-0.15, -0.1) is 11.8 Å². The number of halogens is 1. The lowest BCUT2D eigenvalue weighted by Crippen LogP contribution is -2.17. The summed E-state index contributed by atoms with van der Waals surface area (Å²) in [6.45, 7) is 0. The Balaban J connectivity index is 2.09. The van der Waals surface area contributed by atoms with Gasteiger partial charge in [0, 0.05) is 21.7 Å². The van der Waals surface area contributed by atoms with Crippen molar-refractivity contribution >= 4 is 50.4 Å². The fourth-order valence-corrected chi connectivity index (χ4v) is 4.91. The maximum absolute atomic E-state index is 12.1. The van der Waals surface area contributed by atoms with Gasteiger partial charge >= 0.3 is 0 Å². The predicted molar refractivity (Wildman–Crippen MR) is 82.6 cm³/mol. The highest BCUT2D eigenvalue weighted by Gasteiger charge is 2.19. The van der Waals surface area contributed by atoms with Crippen molar-refractivity contribution in [2.45, 2.75) is 5.25 Å². The Morgan fingerprint density at radius 3 is 3.06 bits per heavy atom. The van der Waals surface area contributed by atoms with Crippen LogP contribution in [-0.2, 0) is 0 Å². The van der Waals surface area contributed by atoms with Crippen LogP contribution in [0.4, 0.5) is 0 Å². The number of rotatable bonds is 1. The molecule has 3 nitrogen and oxygen atoms in total. The number of nitrogens with zero attached hydrogens (tertiary/aromatic N) is 1. The minimum Gasteiger partial charge on any atom is -0.309 e. The normalized spacial score (nSPS) is 20.2. The third-order valence-electron chi connectivity index (χ3n) is 2.81. The molecule has 0 bridgehead atoms. The Labute approximate surface area is 121 Å². The number of benzene rings is 1. The molecule has 1 saturated heterocycles. The lowest BCUT2D eigenvalue weighted by molar-refractivity contribution is 0.927. The zero-order valence-corrected chi connectivity index (χ0v) is 12.7. The van der Waals surface area contributed by atoms with Gasteiger partial charge in [0.05, 0.1) is 16.2 Å². The number of fused-ring (bicyclic) bond motifs is 1. The van der Waals surface area contributed by atoms with Crippen LogP contribution >= 0.6 is 39.5 Å². The Morgan fingerprint density at radius 1 is 1.39 bits per heavy atom. The van der Waals surface area contributed by atoms with Gasteiger partial charge in [-0.2, -0.15) is 11.8 Å². The van der Waals surface area contributed by atoms with Crippen LogP contribution in [-0.4, -0.2) is 27.2 Å². The number of nitrogens with one attached hydrogen (secondary N) is 1. The molecule has 0 amide bonds. The monoisotopic (exact) mass is 342 g/mol. The molecule has 1 aromatic heterocycles. The molecule has 2 heterocycles. The second-order valence-electron chi connectivity index (χ2n) is 4.05. The summed E-state index contributed by atoms with van der Waals surface area (Å²) in [6.07, 6.45) is 0. The van der Waals surface area contributed by atoms with Crippen molar-refractivity contribution in [2.75, 3.05) is 17.3 Å². The molecule has 18 heavy (non-hydrogen) atoms. The minimum atomic E-state index is -0.0486. The average Bonchev–Trinajstić information content (AvgIpc) is 2.40. The van der Waals surface area contributed by atoms with Crippen molar-refractivity contribution in [1.29, 1.82) is 0 Å². The molecule has 1 N–H and O–H groups in total. The Morgan fingerprint density at radius 2 is 2.28 bits per heavy atom. The van der Waals surface area contributed by atoms with Gasteiger partial charge in [-0.25, -0.2) is 4.98 Å². The highest BCUT2D eigenvalue weighted by atomic mass is 79.9. The van der Waals surface area contributed by atoms with Crippen molar-refractivity contribution in [3.8, 4) is 0 Å². The zero-order chi connectivity index (χ0) is 12.5. The Bertz CT molecular complexity index is 638. The standard InChI is InChI=1S/C12H11BrN2OS2/c13-7-1-2-9-8(5-7)12(16)15-11(14-9)10-6-17-3-4-18-10/h1-2,5,10H,3-4,6H2,(H,14,15,16). The Kier molecular flexibility index (Phi) is 3.68. The summed E-state index contributed by atoms with van der Waals surface area (Å²) in [7, 11) is 0. The van der Waals surface area contributed by atoms with E-state index in [1.165, 1.54) is 5.75 Å². The van der Waals surface area contributed by atoms with E-state index in [-0.39, 0.29) is 5.56 Å². The van der Waals surface area contributed by atoms with E-state index in [0.717, 1.165) is 27.3 Å². The van der Waals surface area contributed by atoms with Gasteiger partial charge in [0.25, 0.3) is 5.56 Å². The molecule has 2 aromatic rings. The average molecular weight is 343 g/mol. The maximum Gasteiger partial charge on any atom is 0.258 e. The molecule has 6 heteroatoms. The fraction of sp³-hybridized carbons (Fsp3) is 0.333. The zero-order valence-electron chi connectivity index (χ0n) is 9.48. The molecule has 0 radical (unpaired) electrons. The SMILES string of the molecule is O=c1[nH]c(C2CSCCS2)nc2ccc(Br)cc12. The Hall–Kier alpha value is -0.460. The number of aromatic nitrogens is 2. The summed E-state index contributed by atoms with van der Waals surface area (Å²) in [5.74, 6) is 4.14. The number of hydrogen-bond acceptors (Lipinski definition) is 4. The van der Waals surface area contributed by atoms with Crippen LogP contribution in [0.1, 0.15) is 11.1 Å². The molecule has 1 fully saturated rings. The smallest absolute Gasteiger partial charge is 0.258 e. The van der Waals surface area contributed by atoms with Crippen LogP contribution in [0.5, 0.6) is 0 Å². The molecule has 1 unspecified atom stereocenters. The summed E-state index contributed by atoms with van der Waals surface area (Å²) < 4.78 is 0.901. The van der Waals surface area contributed by atoms with Gasteiger partial charge in [-0.1, -0.05) is 15.9 Å². The van der Waals surface area contributed by atoms with Crippen LogP contribution in [0, 0.1) is 0 Å². The molecule has 0 aliphatic carbocycles. The van der Waals surface area contributed by atoms with E-state index >= 15 is 0 Å². The number of hydrogen-bond donors (Lipinski definition) is 1. The van der Waals surface area contributed by atoms with E-state index in [1.807, 2.05) is 41.7 Å². The van der Waals surface area contributed by atoms with Crippen molar-refractivity contribution < 1.29 is 0 Å². The minimum absolute atomic E-state index is 0.0486. The van der Waals surface area contributed by atoms with Crippen molar-refractivity contribution in [1.82, 2.24) is 9.97 Å². The van der Waals surface area contributed by atoms with E-state index in [0.29, 0.717) is 10.6 Å². The van der Waals surface area contributed by atoms with E-state index in [4.69, 9.17) is 0 Å². The van der Waals surface area contributed by atoms with Crippen LogP contribution in [0.2, 0.25) is 0 Å². The molecule has 0 saturated carbocycles. The molecule has 0 spiro atoms. The summed E-state index contributed by atoms with van der Waals surface area (Å²) >= 11 is 7.17. The van der Waals surface area contributed by atoms with Gasteiger partial charge in [0.2, 0.25) is 0 Å². The van der Waals surface area contributed by atoms with Gasteiger partial charge in [-0.3, -0.25) is 4.79 Å². The third-order valence-corrected chi connectivity index (χ3v) is 6.06. The fourth-order valence-electron chi connectivity index (χ4n) is 1.93. The first-order chi connectivity index (χ1) is 8.74.